The van der Waals surface area contributed by atoms with Crippen molar-refractivity contribution in [2.75, 3.05) is 0 Å². The maximum Gasteiger partial charge on any atom is 0.169 e. The predicted molar refractivity (Wildman–Crippen MR) is 60.8 cm³/mol. The summed E-state index contributed by atoms with van der Waals surface area (Å²) in [6, 6.07) is 0. The SMILES string of the molecule is CCCC1CCCCC2(CCC(C)O2)O1. The minimum absolute atomic E-state index is 0.199. The molecule has 88 valence electrons. The van der Waals surface area contributed by atoms with E-state index >= 15 is 0 Å². The molecule has 0 bridgehead atoms. The fourth-order valence-electron chi connectivity index (χ4n) is 2.89. The quantitative estimate of drug-likeness (QED) is 0.695. The minimum Gasteiger partial charge on any atom is -0.347 e. The molecule has 0 aromatic heterocycles. The Balaban J connectivity index is 1.98. The molecule has 0 radical (unpaired) electrons. The van der Waals surface area contributed by atoms with Crippen LogP contribution in [0.4, 0.5) is 0 Å². The van der Waals surface area contributed by atoms with Crippen LogP contribution in [0.5, 0.6) is 0 Å². The van der Waals surface area contributed by atoms with E-state index in [-0.39, 0.29) is 5.79 Å². The molecule has 2 rings (SSSR count). The van der Waals surface area contributed by atoms with Gasteiger partial charge in [0.25, 0.3) is 0 Å². The van der Waals surface area contributed by atoms with E-state index in [2.05, 4.69) is 13.8 Å². The van der Waals surface area contributed by atoms with Gasteiger partial charge in [0.1, 0.15) is 0 Å². The summed E-state index contributed by atoms with van der Waals surface area (Å²) in [5.41, 5.74) is 0. The van der Waals surface area contributed by atoms with Crippen LogP contribution in [0.1, 0.15) is 65.2 Å². The van der Waals surface area contributed by atoms with Crippen LogP contribution in [0.15, 0.2) is 0 Å². The van der Waals surface area contributed by atoms with Gasteiger partial charge in [-0.2, -0.15) is 0 Å². The average Bonchev–Trinajstić information content (AvgIpc) is 2.45. The lowest BCUT2D eigenvalue weighted by Gasteiger charge is -2.31. The second-order valence-corrected chi connectivity index (χ2v) is 5.15. The molecule has 2 aliphatic heterocycles. The van der Waals surface area contributed by atoms with Gasteiger partial charge in [-0.3, -0.25) is 0 Å². The number of hydrogen-bond acceptors (Lipinski definition) is 2. The lowest BCUT2D eigenvalue weighted by molar-refractivity contribution is -0.246. The van der Waals surface area contributed by atoms with Crippen LogP contribution in [-0.2, 0) is 9.47 Å². The summed E-state index contributed by atoms with van der Waals surface area (Å²) in [6.07, 6.45) is 10.4. The van der Waals surface area contributed by atoms with Gasteiger partial charge < -0.3 is 9.47 Å². The van der Waals surface area contributed by atoms with Crippen molar-refractivity contribution in [3.05, 3.63) is 0 Å². The highest BCUT2D eigenvalue weighted by molar-refractivity contribution is 4.83. The Bertz CT molecular complexity index is 205. The largest absolute Gasteiger partial charge is 0.347 e. The average molecular weight is 212 g/mol. The molecule has 2 saturated heterocycles. The van der Waals surface area contributed by atoms with Crippen LogP contribution in [0.3, 0.4) is 0 Å². The number of hydrogen-bond donors (Lipinski definition) is 0. The predicted octanol–water partition coefficient (Wildman–Crippen LogP) is 3.64. The van der Waals surface area contributed by atoms with E-state index in [4.69, 9.17) is 9.47 Å². The van der Waals surface area contributed by atoms with Crippen molar-refractivity contribution >= 4 is 0 Å². The number of rotatable bonds is 2. The highest BCUT2D eigenvalue weighted by atomic mass is 16.7. The van der Waals surface area contributed by atoms with Crippen LogP contribution >= 0.6 is 0 Å². The summed E-state index contributed by atoms with van der Waals surface area (Å²) in [7, 11) is 0. The van der Waals surface area contributed by atoms with Crippen molar-refractivity contribution < 1.29 is 9.47 Å². The first-order valence-electron chi connectivity index (χ1n) is 6.60. The molecule has 0 aliphatic carbocycles. The van der Waals surface area contributed by atoms with Gasteiger partial charge in [-0.05, 0) is 32.6 Å². The first-order valence-corrected chi connectivity index (χ1v) is 6.60. The Morgan fingerprint density at radius 2 is 2.00 bits per heavy atom. The molecule has 3 unspecified atom stereocenters. The normalized spacial score (nSPS) is 42.0. The van der Waals surface area contributed by atoms with Gasteiger partial charge in [0.2, 0.25) is 0 Å². The van der Waals surface area contributed by atoms with E-state index in [1.165, 1.54) is 38.5 Å². The van der Waals surface area contributed by atoms with E-state index < -0.39 is 0 Å². The van der Waals surface area contributed by atoms with Crippen molar-refractivity contribution in [1.82, 2.24) is 0 Å². The maximum absolute atomic E-state index is 6.25. The minimum atomic E-state index is -0.199. The van der Waals surface area contributed by atoms with Crippen molar-refractivity contribution in [3.63, 3.8) is 0 Å². The summed E-state index contributed by atoms with van der Waals surface area (Å²) in [5.74, 6) is -0.199. The molecule has 2 heterocycles. The topological polar surface area (TPSA) is 18.5 Å². The van der Waals surface area contributed by atoms with Gasteiger partial charge in [0, 0.05) is 12.8 Å². The summed E-state index contributed by atoms with van der Waals surface area (Å²) >= 11 is 0. The molecule has 2 aliphatic rings. The Morgan fingerprint density at radius 3 is 2.67 bits per heavy atom. The molecule has 1 spiro atoms. The Labute approximate surface area is 93.3 Å². The van der Waals surface area contributed by atoms with Gasteiger partial charge >= 0.3 is 0 Å². The van der Waals surface area contributed by atoms with E-state index in [0.717, 1.165) is 12.8 Å². The Hall–Kier alpha value is -0.0800. The molecule has 2 heteroatoms. The molecule has 0 saturated carbocycles. The second kappa shape index (κ2) is 4.84. The summed E-state index contributed by atoms with van der Waals surface area (Å²) in [6.45, 7) is 4.40. The molecule has 0 amide bonds. The molecule has 0 aromatic carbocycles. The lowest BCUT2D eigenvalue weighted by Crippen LogP contribution is -2.35. The molecule has 2 fully saturated rings. The van der Waals surface area contributed by atoms with Gasteiger partial charge in [-0.15, -0.1) is 0 Å². The first kappa shape index (κ1) is 11.4. The van der Waals surface area contributed by atoms with Gasteiger partial charge in [-0.1, -0.05) is 19.8 Å². The Kier molecular flexibility index (Phi) is 3.68. The fourth-order valence-corrected chi connectivity index (χ4v) is 2.89. The zero-order valence-electron chi connectivity index (χ0n) is 10.1. The Morgan fingerprint density at radius 1 is 1.13 bits per heavy atom. The van der Waals surface area contributed by atoms with Crippen molar-refractivity contribution in [1.29, 1.82) is 0 Å². The van der Waals surface area contributed by atoms with Crippen molar-refractivity contribution in [2.24, 2.45) is 0 Å². The molecular weight excluding hydrogens is 188 g/mol. The molecule has 0 N–H and O–H groups in total. The third-order valence-corrected chi connectivity index (χ3v) is 3.67. The van der Waals surface area contributed by atoms with Gasteiger partial charge in [-0.25, -0.2) is 0 Å². The first-order chi connectivity index (χ1) is 7.24. The van der Waals surface area contributed by atoms with Gasteiger partial charge in [0.15, 0.2) is 5.79 Å². The van der Waals surface area contributed by atoms with E-state index in [1.807, 2.05) is 0 Å². The maximum atomic E-state index is 6.25. The summed E-state index contributed by atoms with van der Waals surface area (Å²) in [5, 5.41) is 0. The third-order valence-electron chi connectivity index (χ3n) is 3.67. The molecule has 2 nitrogen and oxygen atoms in total. The molecule has 3 atom stereocenters. The summed E-state index contributed by atoms with van der Waals surface area (Å²) < 4.78 is 12.3. The van der Waals surface area contributed by atoms with Crippen molar-refractivity contribution in [3.8, 4) is 0 Å². The van der Waals surface area contributed by atoms with Crippen LogP contribution in [-0.4, -0.2) is 18.0 Å². The van der Waals surface area contributed by atoms with Crippen LogP contribution < -0.4 is 0 Å². The molecule has 15 heavy (non-hydrogen) atoms. The molecule has 0 aromatic rings. The van der Waals surface area contributed by atoms with Crippen LogP contribution in [0.25, 0.3) is 0 Å². The van der Waals surface area contributed by atoms with Crippen LogP contribution in [0, 0.1) is 0 Å². The van der Waals surface area contributed by atoms with Gasteiger partial charge in [0.05, 0.1) is 12.2 Å². The lowest BCUT2D eigenvalue weighted by atomic mass is 10.1. The monoisotopic (exact) mass is 212 g/mol. The highest BCUT2D eigenvalue weighted by Gasteiger charge is 2.42. The fraction of sp³-hybridized carbons (Fsp3) is 1.00. The van der Waals surface area contributed by atoms with E-state index in [0.29, 0.717) is 12.2 Å². The third kappa shape index (κ3) is 2.73. The summed E-state index contributed by atoms with van der Waals surface area (Å²) in [4.78, 5) is 0. The standard InChI is InChI=1S/C13H24O2/c1-3-6-12-7-4-5-9-13(15-12)10-8-11(2)14-13/h11-12H,3-10H2,1-2H3. The zero-order chi connectivity index (χ0) is 10.7. The smallest absolute Gasteiger partial charge is 0.169 e. The highest BCUT2D eigenvalue weighted by Crippen LogP contribution is 2.40. The van der Waals surface area contributed by atoms with Crippen LogP contribution in [0.2, 0.25) is 0 Å². The van der Waals surface area contributed by atoms with Crippen molar-refractivity contribution in [2.45, 2.75) is 83.2 Å². The molecular formula is C13H24O2. The number of ether oxygens (including phenoxy) is 2. The second-order valence-electron chi connectivity index (χ2n) is 5.15. The van der Waals surface area contributed by atoms with E-state index in [1.54, 1.807) is 0 Å². The zero-order valence-corrected chi connectivity index (χ0v) is 10.1. The van der Waals surface area contributed by atoms with E-state index in [9.17, 15) is 0 Å².